The zero-order valence-corrected chi connectivity index (χ0v) is 18.3. The quantitative estimate of drug-likeness (QED) is 0.664. The summed E-state index contributed by atoms with van der Waals surface area (Å²) in [5, 5.41) is 0. The summed E-state index contributed by atoms with van der Waals surface area (Å²) in [6, 6.07) is 15.5. The van der Waals surface area contributed by atoms with Crippen LogP contribution in [0.15, 0.2) is 71.0 Å². The zero-order chi connectivity index (χ0) is 22.0. The lowest BCUT2D eigenvalue weighted by molar-refractivity contribution is -0.146. The lowest BCUT2D eigenvalue weighted by Crippen LogP contribution is -2.40. The van der Waals surface area contributed by atoms with E-state index in [0.717, 1.165) is 11.3 Å². The molecular weight excluding hydrogens is 388 g/mol. The average molecular weight is 417 g/mol. The van der Waals surface area contributed by atoms with Gasteiger partial charge in [-0.25, -0.2) is 0 Å². The summed E-state index contributed by atoms with van der Waals surface area (Å²) in [6.07, 6.45) is 3.50. The highest BCUT2D eigenvalue weighted by Crippen LogP contribution is 2.47. The van der Waals surface area contributed by atoms with Crippen LogP contribution in [0.4, 0.5) is 0 Å². The van der Waals surface area contributed by atoms with Gasteiger partial charge in [-0.15, -0.1) is 0 Å². The third-order valence-corrected chi connectivity index (χ3v) is 6.04. The fraction of sp³-hybridized carbons (Fsp3) is 0.385. The van der Waals surface area contributed by atoms with E-state index in [-0.39, 0.29) is 23.8 Å². The van der Waals surface area contributed by atoms with Gasteiger partial charge in [0.05, 0.1) is 12.5 Å². The molecule has 0 radical (unpaired) electrons. The van der Waals surface area contributed by atoms with Crippen molar-refractivity contribution in [3.8, 4) is 0 Å². The Morgan fingerprint density at radius 2 is 1.84 bits per heavy atom. The number of allylic oxidation sites excluding steroid dienone is 2. The summed E-state index contributed by atoms with van der Waals surface area (Å²) in [4.78, 5) is 35.7. The molecule has 0 saturated carbocycles. The second-order valence-electron chi connectivity index (χ2n) is 9.17. The molecule has 2 heterocycles. The molecule has 0 spiro atoms. The molecule has 2 aromatic rings. The first kappa shape index (κ1) is 21.2. The standard InChI is InChI=1S/C26H28N2O3/c1-17-22(25(30)31-14-12-18-9-5-4-6-10-18)24(19-11-7-8-13-27-19)23-20(28-17)15-26(2,3)16-21(23)29/h4-11,13,22,24H,12,14-16H2,1-3H3/t22?,24-/m1/s1. The summed E-state index contributed by atoms with van der Waals surface area (Å²) in [5.41, 5.74) is 3.79. The van der Waals surface area contributed by atoms with Gasteiger partial charge >= 0.3 is 5.97 Å². The Kier molecular flexibility index (Phi) is 5.86. The minimum absolute atomic E-state index is 0.0558. The summed E-state index contributed by atoms with van der Waals surface area (Å²) >= 11 is 0. The van der Waals surface area contributed by atoms with Crippen LogP contribution in [0.25, 0.3) is 0 Å². The van der Waals surface area contributed by atoms with Gasteiger partial charge in [-0.2, -0.15) is 0 Å². The van der Waals surface area contributed by atoms with Crippen molar-refractivity contribution < 1.29 is 14.3 Å². The van der Waals surface area contributed by atoms with Crippen molar-refractivity contribution in [3.05, 3.63) is 77.3 Å². The van der Waals surface area contributed by atoms with Crippen LogP contribution in [-0.4, -0.2) is 29.1 Å². The van der Waals surface area contributed by atoms with E-state index in [4.69, 9.17) is 9.73 Å². The number of carbonyl (C=O) groups excluding carboxylic acids is 2. The van der Waals surface area contributed by atoms with E-state index in [2.05, 4.69) is 18.8 Å². The Bertz CT molecular complexity index is 1040. The Labute approximate surface area is 183 Å². The van der Waals surface area contributed by atoms with Gasteiger partial charge < -0.3 is 4.74 Å². The number of ether oxygens (including phenoxy) is 1. The van der Waals surface area contributed by atoms with Gasteiger partial charge in [-0.05, 0) is 36.5 Å². The molecule has 1 aromatic heterocycles. The molecule has 160 valence electrons. The molecule has 0 N–H and O–H groups in total. The first-order valence-corrected chi connectivity index (χ1v) is 10.8. The molecule has 0 saturated heterocycles. The fourth-order valence-electron chi connectivity index (χ4n) is 4.63. The Balaban J connectivity index is 1.63. The number of aromatic nitrogens is 1. The lowest BCUT2D eigenvalue weighted by atomic mass is 9.67. The molecule has 4 rings (SSSR count). The molecule has 5 nitrogen and oxygen atoms in total. The third kappa shape index (κ3) is 4.50. The molecule has 0 amide bonds. The number of hydrogen-bond acceptors (Lipinski definition) is 5. The number of benzene rings is 1. The number of esters is 1. The summed E-state index contributed by atoms with van der Waals surface area (Å²) in [5.74, 6) is -1.40. The number of carbonyl (C=O) groups is 2. The highest BCUT2D eigenvalue weighted by Gasteiger charge is 2.46. The zero-order valence-electron chi connectivity index (χ0n) is 18.3. The number of aliphatic imine (C=N–C) groups is 1. The van der Waals surface area contributed by atoms with Crippen LogP contribution in [0.3, 0.4) is 0 Å². The average Bonchev–Trinajstić information content (AvgIpc) is 2.73. The van der Waals surface area contributed by atoms with E-state index in [9.17, 15) is 9.59 Å². The number of Topliss-reactive ketones (excluding diaryl/α,β-unsaturated/α-hetero) is 1. The van der Waals surface area contributed by atoms with Crippen molar-refractivity contribution >= 4 is 17.5 Å². The van der Waals surface area contributed by atoms with Crippen molar-refractivity contribution in [2.75, 3.05) is 6.61 Å². The van der Waals surface area contributed by atoms with Crippen LogP contribution in [0, 0.1) is 11.3 Å². The van der Waals surface area contributed by atoms with Crippen LogP contribution in [-0.2, 0) is 20.7 Å². The highest BCUT2D eigenvalue weighted by atomic mass is 16.5. The first-order valence-electron chi connectivity index (χ1n) is 10.8. The van der Waals surface area contributed by atoms with Gasteiger partial charge in [0.25, 0.3) is 0 Å². The van der Waals surface area contributed by atoms with Crippen LogP contribution >= 0.6 is 0 Å². The SMILES string of the molecule is CC1=NC2=C(C(=O)CC(C)(C)C2)[C@H](c2ccccn2)C1C(=O)OCCc1ccccc1. The molecule has 2 aliphatic rings. The molecule has 31 heavy (non-hydrogen) atoms. The van der Waals surface area contributed by atoms with E-state index in [1.807, 2.05) is 55.5 Å². The van der Waals surface area contributed by atoms with Crippen LogP contribution in [0.2, 0.25) is 0 Å². The summed E-state index contributed by atoms with van der Waals surface area (Å²) in [7, 11) is 0. The van der Waals surface area contributed by atoms with Gasteiger partial charge in [0, 0.05) is 41.7 Å². The van der Waals surface area contributed by atoms with Crippen LogP contribution in [0.5, 0.6) is 0 Å². The van der Waals surface area contributed by atoms with Crippen LogP contribution < -0.4 is 0 Å². The largest absolute Gasteiger partial charge is 0.465 e. The molecule has 1 aromatic carbocycles. The van der Waals surface area contributed by atoms with Crippen molar-refractivity contribution in [3.63, 3.8) is 0 Å². The highest BCUT2D eigenvalue weighted by molar-refractivity contribution is 6.08. The van der Waals surface area contributed by atoms with Gasteiger partial charge in [-0.1, -0.05) is 50.2 Å². The number of nitrogens with zero attached hydrogens (tertiary/aromatic N) is 2. The van der Waals surface area contributed by atoms with E-state index in [1.54, 1.807) is 6.20 Å². The van der Waals surface area contributed by atoms with E-state index in [0.29, 0.717) is 36.2 Å². The number of ketones is 1. The Morgan fingerprint density at radius 1 is 1.10 bits per heavy atom. The van der Waals surface area contributed by atoms with E-state index in [1.165, 1.54) is 0 Å². The van der Waals surface area contributed by atoms with Crippen molar-refractivity contribution in [2.45, 2.75) is 46.0 Å². The smallest absolute Gasteiger partial charge is 0.315 e. The molecular formula is C26H28N2O3. The minimum Gasteiger partial charge on any atom is -0.465 e. The predicted molar refractivity (Wildman–Crippen MR) is 120 cm³/mol. The number of pyridine rings is 1. The van der Waals surface area contributed by atoms with E-state index >= 15 is 0 Å². The molecule has 0 fully saturated rings. The van der Waals surface area contributed by atoms with Crippen molar-refractivity contribution in [1.29, 1.82) is 0 Å². The molecule has 2 atom stereocenters. The van der Waals surface area contributed by atoms with Gasteiger partial charge in [0.15, 0.2) is 5.78 Å². The maximum atomic E-state index is 13.2. The Morgan fingerprint density at radius 3 is 2.55 bits per heavy atom. The Hall–Kier alpha value is -3.08. The second-order valence-corrected chi connectivity index (χ2v) is 9.17. The van der Waals surface area contributed by atoms with Gasteiger partial charge in [0.1, 0.15) is 5.92 Å². The molecule has 5 heteroatoms. The normalized spacial score (nSPS) is 22.5. The predicted octanol–water partition coefficient (Wildman–Crippen LogP) is 4.69. The topological polar surface area (TPSA) is 68.6 Å². The monoisotopic (exact) mass is 416 g/mol. The van der Waals surface area contributed by atoms with Crippen LogP contribution in [0.1, 0.15) is 50.8 Å². The molecule has 1 aliphatic heterocycles. The third-order valence-electron chi connectivity index (χ3n) is 6.04. The number of hydrogen-bond donors (Lipinski definition) is 0. The maximum Gasteiger partial charge on any atom is 0.315 e. The number of rotatable bonds is 5. The maximum absolute atomic E-state index is 13.2. The first-order chi connectivity index (χ1) is 14.9. The van der Waals surface area contributed by atoms with Gasteiger partial charge in [-0.3, -0.25) is 19.6 Å². The van der Waals surface area contributed by atoms with Gasteiger partial charge in [0.2, 0.25) is 0 Å². The van der Waals surface area contributed by atoms with Crippen molar-refractivity contribution in [1.82, 2.24) is 4.98 Å². The second kappa shape index (κ2) is 8.58. The molecule has 1 aliphatic carbocycles. The summed E-state index contributed by atoms with van der Waals surface area (Å²) in [6.45, 7) is 6.31. The summed E-state index contributed by atoms with van der Waals surface area (Å²) < 4.78 is 5.68. The fourth-order valence-corrected chi connectivity index (χ4v) is 4.63. The van der Waals surface area contributed by atoms with E-state index < -0.39 is 11.8 Å². The van der Waals surface area contributed by atoms with Crippen molar-refractivity contribution in [2.24, 2.45) is 16.3 Å². The minimum atomic E-state index is -0.644. The lowest BCUT2D eigenvalue weighted by Gasteiger charge is -2.38. The molecule has 0 bridgehead atoms. The molecule has 1 unspecified atom stereocenters.